The van der Waals surface area contributed by atoms with Crippen LogP contribution in [0.25, 0.3) is 0 Å². The van der Waals surface area contributed by atoms with E-state index in [9.17, 15) is 8.42 Å². The Hall–Kier alpha value is -0.100. The molecule has 1 fully saturated rings. The summed E-state index contributed by atoms with van der Waals surface area (Å²) < 4.78 is 27.5. The molecule has 19 heavy (non-hydrogen) atoms. The second-order valence-corrected chi connectivity index (χ2v) is 8.94. The van der Waals surface area contributed by atoms with Gasteiger partial charge in [0.1, 0.15) is 4.21 Å². The molecule has 1 aromatic heterocycles. The van der Waals surface area contributed by atoms with Gasteiger partial charge in [-0.2, -0.15) is 4.31 Å². The Kier molecular flexibility index (Phi) is 4.60. The highest BCUT2D eigenvalue weighted by Crippen LogP contribution is 2.35. The number of thiophene rings is 1. The highest BCUT2D eigenvalue weighted by Gasteiger charge is 2.34. The molecule has 0 unspecified atom stereocenters. The van der Waals surface area contributed by atoms with Gasteiger partial charge in [0, 0.05) is 17.5 Å². The lowest BCUT2D eigenvalue weighted by Crippen LogP contribution is -2.38. The van der Waals surface area contributed by atoms with E-state index in [0.717, 1.165) is 23.3 Å². The van der Waals surface area contributed by atoms with E-state index >= 15 is 0 Å². The summed E-state index contributed by atoms with van der Waals surface area (Å²) >= 11 is 7.13. The smallest absolute Gasteiger partial charge is 0.206 e. The minimum absolute atomic E-state index is 0.00698. The molecule has 2 rings (SSSR count). The number of nitrogens with zero attached hydrogens (tertiary/aromatic N) is 1. The molecule has 1 aliphatic carbocycles. The maximum absolute atomic E-state index is 12.7. The van der Waals surface area contributed by atoms with Gasteiger partial charge in [-0.1, -0.05) is 0 Å². The second kappa shape index (κ2) is 5.72. The van der Waals surface area contributed by atoms with Gasteiger partial charge < -0.3 is 0 Å². The first-order valence-electron chi connectivity index (χ1n) is 6.53. The Morgan fingerprint density at radius 1 is 1.47 bits per heavy atom. The van der Waals surface area contributed by atoms with Gasteiger partial charge in [0.05, 0.1) is 5.88 Å². The van der Waals surface area contributed by atoms with Gasteiger partial charge >= 0.3 is 0 Å². The normalized spacial score (nSPS) is 16.5. The Balaban J connectivity index is 2.31. The van der Waals surface area contributed by atoms with Crippen molar-refractivity contribution in [2.45, 2.75) is 49.7 Å². The number of sulfonamides is 1. The summed E-state index contributed by atoms with van der Waals surface area (Å²) in [6.07, 6.45) is 2.30. The molecule has 0 radical (unpaired) electrons. The monoisotopic (exact) mass is 321 g/mol. The lowest BCUT2D eigenvalue weighted by atomic mass is 10.3. The minimum Gasteiger partial charge on any atom is -0.206 e. The van der Waals surface area contributed by atoms with Gasteiger partial charge in [0.2, 0.25) is 0 Å². The topological polar surface area (TPSA) is 37.4 Å². The van der Waals surface area contributed by atoms with Crippen LogP contribution in [-0.4, -0.2) is 25.3 Å². The molecule has 1 heterocycles. The van der Waals surface area contributed by atoms with Crippen LogP contribution in [0.15, 0.2) is 10.3 Å². The minimum atomic E-state index is -3.37. The summed E-state index contributed by atoms with van der Waals surface area (Å²) in [7, 11) is -3.37. The SMILES string of the molecule is Cc1cc(S(=O)(=O)N(CC2CC2)C(C)C)sc1CCl. The Morgan fingerprint density at radius 2 is 2.11 bits per heavy atom. The van der Waals surface area contributed by atoms with Gasteiger partial charge in [0.15, 0.2) is 0 Å². The fourth-order valence-electron chi connectivity index (χ4n) is 2.01. The zero-order valence-corrected chi connectivity index (χ0v) is 13.9. The third kappa shape index (κ3) is 3.32. The fourth-order valence-corrected chi connectivity index (χ4v) is 5.66. The van der Waals surface area contributed by atoms with E-state index in [-0.39, 0.29) is 6.04 Å². The number of halogens is 1. The van der Waals surface area contributed by atoms with Crippen molar-refractivity contribution >= 4 is 33.0 Å². The molecule has 0 bridgehead atoms. The Morgan fingerprint density at radius 3 is 2.53 bits per heavy atom. The molecule has 0 atom stereocenters. The molecule has 3 nitrogen and oxygen atoms in total. The zero-order valence-electron chi connectivity index (χ0n) is 11.5. The Labute approximate surface area is 124 Å². The standard InChI is InChI=1S/C13H20ClNO2S2/c1-9(2)15(8-11-4-5-11)19(16,17)13-6-10(3)12(7-14)18-13/h6,9,11H,4-5,7-8H2,1-3H3. The summed E-state index contributed by atoms with van der Waals surface area (Å²) in [4.78, 5) is 0.940. The van der Waals surface area contributed by atoms with Crippen molar-refractivity contribution in [3.63, 3.8) is 0 Å². The summed E-state index contributed by atoms with van der Waals surface area (Å²) in [6, 6.07) is 1.74. The number of hydrogen-bond donors (Lipinski definition) is 0. The van der Waals surface area contributed by atoms with E-state index in [1.165, 1.54) is 11.3 Å². The van der Waals surface area contributed by atoms with Crippen LogP contribution in [0, 0.1) is 12.8 Å². The molecule has 1 aromatic rings. The summed E-state index contributed by atoms with van der Waals surface area (Å²) in [5, 5.41) is 0. The van der Waals surface area contributed by atoms with Crippen LogP contribution < -0.4 is 0 Å². The van der Waals surface area contributed by atoms with E-state index in [1.54, 1.807) is 10.4 Å². The largest absolute Gasteiger partial charge is 0.252 e. The first kappa shape index (κ1) is 15.3. The van der Waals surface area contributed by atoms with Crippen LogP contribution >= 0.6 is 22.9 Å². The van der Waals surface area contributed by atoms with Crippen molar-refractivity contribution in [3.8, 4) is 0 Å². The molecular formula is C13H20ClNO2S2. The Bertz CT molecular complexity index is 547. The van der Waals surface area contributed by atoms with Gasteiger partial charge in [-0.05, 0) is 51.2 Å². The van der Waals surface area contributed by atoms with E-state index in [4.69, 9.17) is 11.6 Å². The summed E-state index contributed by atoms with van der Waals surface area (Å²) in [5.74, 6) is 0.918. The fraction of sp³-hybridized carbons (Fsp3) is 0.692. The molecule has 1 aliphatic rings. The molecule has 0 amide bonds. The highest BCUT2D eigenvalue weighted by molar-refractivity contribution is 7.91. The van der Waals surface area contributed by atoms with Crippen molar-refractivity contribution in [3.05, 3.63) is 16.5 Å². The number of rotatable bonds is 6. The quantitative estimate of drug-likeness (QED) is 0.751. The van der Waals surface area contributed by atoms with Gasteiger partial charge in [-0.3, -0.25) is 0 Å². The van der Waals surface area contributed by atoms with Crippen molar-refractivity contribution in [2.75, 3.05) is 6.54 Å². The van der Waals surface area contributed by atoms with Crippen molar-refractivity contribution in [1.29, 1.82) is 0 Å². The van der Waals surface area contributed by atoms with Crippen molar-refractivity contribution in [2.24, 2.45) is 5.92 Å². The number of hydrogen-bond acceptors (Lipinski definition) is 3. The van der Waals surface area contributed by atoms with Crippen LogP contribution in [-0.2, 0) is 15.9 Å². The maximum atomic E-state index is 12.7. The number of alkyl halides is 1. The predicted octanol–water partition coefficient (Wildman–Crippen LogP) is 3.60. The van der Waals surface area contributed by atoms with Crippen LogP contribution in [0.4, 0.5) is 0 Å². The average molecular weight is 322 g/mol. The molecule has 108 valence electrons. The number of aryl methyl sites for hydroxylation is 1. The summed E-state index contributed by atoms with van der Waals surface area (Å²) in [6.45, 7) is 6.42. The molecule has 0 saturated heterocycles. The molecule has 1 saturated carbocycles. The molecule has 0 N–H and O–H groups in total. The molecule has 0 aromatic carbocycles. The molecule has 0 aliphatic heterocycles. The first-order chi connectivity index (χ1) is 8.86. The van der Waals surface area contributed by atoms with Gasteiger partial charge in [-0.15, -0.1) is 22.9 Å². The van der Waals surface area contributed by atoms with Crippen LogP contribution in [0.5, 0.6) is 0 Å². The second-order valence-electron chi connectivity index (χ2n) is 5.42. The van der Waals surface area contributed by atoms with E-state index in [1.807, 2.05) is 20.8 Å². The zero-order chi connectivity index (χ0) is 14.2. The van der Waals surface area contributed by atoms with Gasteiger partial charge in [-0.25, -0.2) is 8.42 Å². The van der Waals surface area contributed by atoms with Crippen LogP contribution in [0.2, 0.25) is 0 Å². The van der Waals surface area contributed by atoms with Crippen molar-refractivity contribution < 1.29 is 8.42 Å². The third-order valence-corrected chi connectivity index (χ3v) is 7.55. The van der Waals surface area contributed by atoms with Crippen LogP contribution in [0.3, 0.4) is 0 Å². The van der Waals surface area contributed by atoms with Crippen LogP contribution in [0.1, 0.15) is 37.1 Å². The van der Waals surface area contributed by atoms with Crippen molar-refractivity contribution in [1.82, 2.24) is 4.31 Å². The maximum Gasteiger partial charge on any atom is 0.252 e. The van der Waals surface area contributed by atoms with Gasteiger partial charge in [0.25, 0.3) is 10.0 Å². The van der Waals surface area contributed by atoms with E-state index in [2.05, 4.69) is 0 Å². The third-order valence-electron chi connectivity index (χ3n) is 3.39. The highest BCUT2D eigenvalue weighted by atomic mass is 35.5. The van der Waals surface area contributed by atoms with E-state index in [0.29, 0.717) is 22.6 Å². The lowest BCUT2D eigenvalue weighted by molar-refractivity contribution is 0.342. The first-order valence-corrected chi connectivity index (χ1v) is 9.32. The molecule has 6 heteroatoms. The molecule has 0 spiro atoms. The molecular weight excluding hydrogens is 302 g/mol. The van der Waals surface area contributed by atoms with E-state index < -0.39 is 10.0 Å². The average Bonchev–Trinajstić information content (AvgIpc) is 3.07. The summed E-state index contributed by atoms with van der Waals surface area (Å²) in [5.41, 5.74) is 0.966. The predicted molar refractivity (Wildman–Crippen MR) is 80.4 cm³/mol. The lowest BCUT2D eigenvalue weighted by Gasteiger charge is -2.25.